The number of halogens is 1. The van der Waals surface area contributed by atoms with Crippen LogP contribution in [-0.2, 0) is 6.42 Å². The highest BCUT2D eigenvalue weighted by atomic mass is 35.5. The highest BCUT2D eigenvalue weighted by Crippen LogP contribution is 2.35. The van der Waals surface area contributed by atoms with Crippen LogP contribution in [0.15, 0.2) is 24.3 Å². The Labute approximate surface area is 110 Å². The van der Waals surface area contributed by atoms with E-state index in [9.17, 15) is 0 Å². The summed E-state index contributed by atoms with van der Waals surface area (Å²) in [4.78, 5) is 0. The van der Waals surface area contributed by atoms with E-state index in [1.54, 1.807) is 0 Å². The normalized spacial score (nSPS) is 28.5. The minimum atomic E-state index is 0.701. The van der Waals surface area contributed by atoms with Gasteiger partial charge in [0.05, 0.1) is 0 Å². The van der Waals surface area contributed by atoms with E-state index in [4.69, 9.17) is 11.6 Å². The van der Waals surface area contributed by atoms with Crippen molar-refractivity contribution >= 4 is 11.6 Å². The topological polar surface area (TPSA) is 12.0 Å². The first-order chi connectivity index (χ1) is 8.22. The molecule has 1 aromatic rings. The van der Waals surface area contributed by atoms with Crippen LogP contribution in [-0.4, -0.2) is 12.6 Å². The van der Waals surface area contributed by atoms with E-state index in [0.29, 0.717) is 6.04 Å². The lowest BCUT2D eigenvalue weighted by atomic mass is 9.89. The standard InChI is InChI=1S/C15H22ClN/c1-3-17-15-9-8-12(11(15)2)10-13-6-4-5-7-14(13)16/h4-7,11-12,15,17H,3,8-10H2,1-2H3. The fourth-order valence-electron chi connectivity index (χ4n) is 3.03. The van der Waals surface area contributed by atoms with Crippen LogP contribution in [0.25, 0.3) is 0 Å². The van der Waals surface area contributed by atoms with Crippen LogP contribution in [0.2, 0.25) is 5.02 Å². The molecule has 1 aromatic carbocycles. The number of benzene rings is 1. The molecule has 2 heteroatoms. The largest absolute Gasteiger partial charge is 0.314 e. The summed E-state index contributed by atoms with van der Waals surface area (Å²) < 4.78 is 0. The van der Waals surface area contributed by atoms with Crippen molar-refractivity contribution in [1.29, 1.82) is 0 Å². The van der Waals surface area contributed by atoms with E-state index in [2.05, 4.69) is 31.3 Å². The van der Waals surface area contributed by atoms with Crippen LogP contribution < -0.4 is 5.32 Å². The van der Waals surface area contributed by atoms with Gasteiger partial charge >= 0.3 is 0 Å². The van der Waals surface area contributed by atoms with E-state index in [1.807, 2.05) is 12.1 Å². The molecule has 1 nitrogen and oxygen atoms in total. The molecular formula is C15H22ClN. The quantitative estimate of drug-likeness (QED) is 0.856. The lowest BCUT2D eigenvalue weighted by molar-refractivity contribution is 0.355. The first kappa shape index (κ1) is 12.9. The zero-order valence-corrected chi connectivity index (χ0v) is 11.5. The lowest BCUT2D eigenvalue weighted by Gasteiger charge is -2.21. The Kier molecular flexibility index (Phi) is 4.47. The van der Waals surface area contributed by atoms with E-state index in [-0.39, 0.29) is 0 Å². The molecule has 94 valence electrons. The molecule has 0 amide bonds. The highest BCUT2D eigenvalue weighted by Gasteiger charge is 2.32. The number of hydrogen-bond acceptors (Lipinski definition) is 1. The molecule has 1 N–H and O–H groups in total. The van der Waals surface area contributed by atoms with Gasteiger partial charge in [0.2, 0.25) is 0 Å². The summed E-state index contributed by atoms with van der Waals surface area (Å²) in [6, 6.07) is 8.95. The molecule has 0 bridgehead atoms. The van der Waals surface area contributed by atoms with Crippen LogP contribution in [0.1, 0.15) is 32.3 Å². The summed E-state index contributed by atoms with van der Waals surface area (Å²) in [6.45, 7) is 5.64. The van der Waals surface area contributed by atoms with Crippen molar-refractivity contribution < 1.29 is 0 Å². The average molecular weight is 252 g/mol. The predicted octanol–water partition coefficient (Wildman–Crippen LogP) is 3.91. The molecule has 0 heterocycles. The van der Waals surface area contributed by atoms with Crippen LogP contribution in [0.4, 0.5) is 0 Å². The molecule has 0 aliphatic heterocycles. The van der Waals surface area contributed by atoms with Crippen molar-refractivity contribution in [1.82, 2.24) is 5.32 Å². The molecule has 0 radical (unpaired) electrons. The Balaban J connectivity index is 1.99. The third-order valence-electron chi connectivity index (χ3n) is 4.13. The minimum Gasteiger partial charge on any atom is -0.314 e. The van der Waals surface area contributed by atoms with Crippen molar-refractivity contribution in [3.63, 3.8) is 0 Å². The Morgan fingerprint density at radius 2 is 2.06 bits per heavy atom. The average Bonchev–Trinajstić information content (AvgIpc) is 2.65. The van der Waals surface area contributed by atoms with E-state index in [1.165, 1.54) is 18.4 Å². The minimum absolute atomic E-state index is 0.701. The molecule has 1 saturated carbocycles. The Hall–Kier alpha value is -0.530. The summed E-state index contributed by atoms with van der Waals surface area (Å²) in [5.74, 6) is 1.53. The first-order valence-corrected chi connectivity index (χ1v) is 7.07. The molecule has 3 unspecified atom stereocenters. The van der Waals surface area contributed by atoms with Gasteiger partial charge in [-0.25, -0.2) is 0 Å². The molecule has 0 spiro atoms. The van der Waals surface area contributed by atoms with Gasteiger partial charge in [-0.3, -0.25) is 0 Å². The second kappa shape index (κ2) is 5.88. The first-order valence-electron chi connectivity index (χ1n) is 6.69. The maximum absolute atomic E-state index is 6.23. The van der Waals surface area contributed by atoms with Crippen molar-refractivity contribution in [3.05, 3.63) is 34.9 Å². The van der Waals surface area contributed by atoms with Gasteiger partial charge in [-0.2, -0.15) is 0 Å². The molecule has 1 aliphatic carbocycles. The SMILES string of the molecule is CCNC1CCC(Cc2ccccc2Cl)C1C. The zero-order valence-electron chi connectivity index (χ0n) is 10.7. The lowest BCUT2D eigenvalue weighted by Crippen LogP contribution is -2.32. The van der Waals surface area contributed by atoms with Gasteiger partial charge in [0.25, 0.3) is 0 Å². The zero-order chi connectivity index (χ0) is 12.3. The summed E-state index contributed by atoms with van der Waals surface area (Å²) >= 11 is 6.23. The fraction of sp³-hybridized carbons (Fsp3) is 0.600. The molecule has 0 aromatic heterocycles. The predicted molar refractivity (Wildman–Crippen MR) is 74.5 cm³/mol. The van der Waals surface area contributed by atoms with E-state index in [0.717, 1.165) is 29.8 Å². The summed E-state index contributed by atoms with van der Waals surface area (Å²) in [6.07, 6.45) is 3.76. The van der Waals surface area contributed by atoms with Gasteiger partial charge in [0.1, 0.15) is 0 Å². The van der Waals surface area contributed by atoms with Gasteiger partial charge in [0.15, 0.2) is 0 Å². The molecule has 0 saturated heterocycles. The second-order valence-corrected chi connectivity index (χ2v) is 5.56. The maximum Gasteiger partial charge on any atom is 0.0438 e. The molecule has 2 rings (SSSR count). The highest BCUT2D eigenvalue weighted by molar-refractivity contribution is 6.31. The summed E-state index contributed by atoms with van der Waals surface area (Å²) in [7, 11) is 0. The Morgan fingerprint density at radius 3 is 2.76 bits per heavy atom. The van der Waals surface area contributed by atoms with Crippen LogP contribution >= 0.6 is 11.6 Å². The van der Waals surface area contributed by atoms with Crippen molar-refractivity contribution in [3.8, 4) is 0 Å². The van der Waals surface area contributed by atoms with Crippen LogP contribution in [0.5, 0.6) is 0 Å². The number of hydrogen-bond donors (Lipinski definition) is 1. The Morgan fingerprint density at radius 1 is 1.29 bits per heavy atom. The van der Waals surface area contributed by atoms with Gasteiger partial charge < -0.3 is 5.32 Å². The smallest absolute Gasteiger partial charge is 0.0438 e. The second-order valence-electron chi connectivity index (χ2n) is 5.16. The Bertz CT molecular complexity index is 364. The monoisotopic (exact) mass is 251 g/mol. The van der Waals surface area contributed by atoms with E-state index < -0.39 is 0 Å². The van der Waals surface area contributed by atoms with Crippen LogP contribution in [0, 0.1) is 11.8 Å². The third kappa shape index (κ3) is 3.02. The third-order valence-corrected chi connectivity index (χ3v) is 4.50. The van der Waals surface area contributed by atoms with Gasteiger partial charge in [-0.1, -0.05) is 43.6 Å². The summed E-state index contributed by atoms with van der Waals surface area (Å²) in [5.41, 5.74) is 1.31. The molecule has 1 aliphatic rings. The van der Waals surface area contributed by atoms with Gasteiger partial charge in [-0.05, 0) is 49.3 Å². The molecular weight excluding hydrogens is 230 g/mol. The van der Waals surface area contributed by atoms with Crippen molar-refractivity contribution in [2.75, 3.05) is 6.54 Å². The molecule has 1 fully saturated rings. The van der Waals surface area contributed by atoms with Crippen molar-refractivity contribution in [2.45, 2.75) is 39.2 Å². The van der Waals surface area contributed by atoms with Crippen molar-refractivity contribution in [2.24, 2.45) is 11.8 Å². The van der Waals surface area contributed by atoms with Crippen LogP contribution in [0.3, 0.4) is 0 Å². The van der Waals surface area contributed by atoms with E-state index >= 15 is 0 Å². The molecule has 3 atom stereocenters. The summed E-state index contributed by atoms with van der Waals surface area (Å²) in [5, 5.41) is 4.51. The molecule has 17 heavy (non-hydrogen) atoms. The number of nitrogens with one attached hydrogen (secondary N) is 1. The maximum atomic E-state index is 6.23. The van der Waals surface area contributed by atoms with Gasteiger partial charge in [0, 0.05) is 11.1 Å². The number of rotatable bonds is 4. The van der Waals surface area contributed by atoms with Gasteiger partial charge in [-0.15, -0.1) is 0 Å². The fourth-order valence-corrected chi connectivity index (χ4v) is 3.25.